The van der Waals surface area contributed by atoms with Gasteiger partial charge in [0.2, 0.25) is 0 Å². The summed E-state index contributed by atoms with van der Waals surface area (Å²) in [6.45, 7) is 17.2. The van der Waals surface area contributed by atoms with Crippen LogP contribution in [0.3, 0.4) is 0 Å². The number of carbonyl (C=O) groups is 1. The van der Waals surface area contributed by atoms with Crippen LogP contribution in [0.25, 0.3) is 0 Å². The minimum atomic E-state index is -1.56. The average molecular weight is 264 g/mol. The fraction of sp³-hybridized carbons (Fsp3) is 0.400. The zero-order chi connectivity index (χ0) is 14.0. The Kier molecular flexibility index (Phi) is 8.04. The molecule has 0 fully saturated rings. The number of ether oxygens (including phenoxy) is 1. The van der Waals surface area contributed by atoms with Crippen molar-refractivity contribution < 1.29 is 9.53 Å². The second-order valence-electron chi connectivity index (χ2n) is 4.64. The van der Waals surface area contributed by atoms with Crippen molar-refractivity contribution in [1.82, 2.24) is 0 Å². The van der Waals surface area contributed by atoms with Gasteiger partial charge in [0.25, 0.3) is 0 Å². The van der Waals surface area contributed by atoms with Crippen molar-refractivity contribution in [3.05, 3.63) is 50.1 Å². The van der Waals surface area contributed by atoms with E-state index in [-0.39, 0.29) is 5.97 Å². The largest absolute Gasteiger partial charge is 0.463 e. The third-order valence-corrected chi connectivity index (χ3v) is 7.67. The van der Waals surface area contributed by atoms with Gasteiger partial charge in [-0.25, -0.2) is 4.79 Å². The smallest absolute Gasteiger partial charge is 0.333 e. The molecule has 0 aliphatic heterocycles. The molecule has 0 aliphatic rings. The lowest BCUT2D eigenvalue weighted by Gasteiger charge is -2.28. The maximum Gasteiger partial charge on any atom is 0.333 e. The highest BCUT2D eigenvalue weighted by Crippen LogP contribution is 2.27. The lowest BCUT2D eigenvalue weighted by molar-refractivity contribution is -0.138. The van der Waals surface area contributed by atoms with Crippen molar-refractivity contribution in [3.8, 4) is 0 Å². The molecule has 3 heteroatoms. The zero-order valence-electron chi connectivity index (χ0n) is 11.4. The highest BCUT2D eigenvalue weighted by molar-refractivity contribution is 6.81. The first-order valence-electron chi connectivity index (χ1n) is 6.16. The quantitative estimate of drug-likeness (QED) is 0.257. The lowest BCUT2D eigenvalue weighted by atomic mass is 10.4. The van der Waals surface area contributed by atoms with Gasteiger partial charge in [-0.2, -0.15) is 0 Å². The van der Waals surface area contributed by atoms with E-state index in [4.69, 9.17) is 4.74 Å². The first-order chi connectivity index (χ1) is 8.51. The van der Waals surface area contributed by atoms with Gasteiger partial charge in [0.05, 0.1) is 14.7 Å². The Bertz CT molecular complexity index is 305. The molecule has 0 radical (unpaired) electrons. The molecule has 0 amide bonds. The van der Waals surface area contributed by atoms with E-state index in [1.807, 2.05) is 18.2 Å². The summed E-state index contributed by atoms with van der Waals surface area (Å²) < 4.78 is 5.19. The summed E-state index contributed by atoms with van der Waals surface area (Å²) in [7, 11) is -1.56. The van der Waals surface area contributed by atoms with Crippen molar-refractivity contribution in [2.24, 2.45) is 0 Å². The molecule has 0 heterocycles. The minimum absolute atomic E-state index is 0.311. The van der Waals surface area contributed by atoms with E-state index in [2.05, 4.69) is 26.3 Å². The van der Waals surface area contributed by atoms with Crippen molar-refractivity contribution in [3.63, 3.8) is 0 Å². The van der Waals surface area contributed by atoms with E-state index < -0.39 is 8.07 Å². The summed E-state index contributed by atoms with van der Waals surface area (Å²) >= 11 is 0. The van der Waals surface area contributed by atoms with Gasteiger partial charge >= 0.3 is 5.97 Å². The van der Waals surface area contributed by atoms with E-state index in [9.17, 15) is 4.79 Å². The monoisotopic (exact) mass is 264 g/mol. The van der Waals surface area contributed by atoms with Gasteiger partial charge < -0.3 is 4.74 Å². The summed E-state index contributed by atoms with van der Waals surface area (Å²) in [6.07, 6.45) is 5.87. The van der Waals surface area contributed by atoms with E-state index >= 15 is 0 Å². The van der Waals surface area contributed by atoms with E-state index in [0.29, 0.717) is 12.2 Å². The first-order valence-corrected chi connectivity index (χ1v) is 8.99. The summed E-state index contributed by atoms with van der Waals surface area (Å²) in [5.41, 5.74) is 0.443. The van der Waals surface area contributed by atoms with Gasteiger partial charge in [-0.05, 0) is 31.1 Å². The van der Waals surface area contributed by atoms with Crippen LogP contribution in [0.15, 0.2) is 50.1 Å². The molecular formula is C15H24O2Si. The molecule has 0 bridgehead atoms. The number of hydrogen-bond donors (Lipinski definition) is 0. The molecule has 0 saturated carbocycles. The molecule has 0 spiro atoms. The zero-order valence-corrected chi connectivity index (χ0v) is 12.4. The van der Waals surface area contributed by atoms with Crippen molar-refractivity contribution in [1.29, 1.82) is 0 Å². The predicted molar refractivity (Wildman–Crippen MR) is 81.3 cm³/mol. The molecule has 0 saturated heterocycles. The maximum absolute atomic E-state index is 11.3. The molecule has 18 heavy (non-hydrogen) atoms. The Morgan fingerprint density at radius 3 is 1.89 bits per heavy atom. The minimum Gasteiger partial charge on any atom is -0.463 e. The number of allylic oxidation sites excluding steroid dienone is 3. The van der Waals surface area contributed by atoms with Crippen molar-refractivity contribution in [2.45, 2.75) is 31.1 Å². The van der Waals surface area contributed by atoms with Gasteiger partial charge in [-0.1, -0.05) is 24.8 Å². The molecule has 0 aliphatic carbocycles. The van der Waals surface area contributed by atoms with Crippen LogP contribution in [0.4, 0.5) is 0 Å². The molecule has 0 atom stereocenters. The fourth-order valence-electron chi connectivity index (χ4n) is 1.96. The summed E-state index contributed by atoms with van der Waals surface area (Å²) in [5.74, 6) is -0.311. The Hall–Kier alpha value is -1.35. The van der Waals surface area contributed by atoms with Gasteiger partial charge in [-0.3, -0.25) is 0 Å². The van der Waals surface area contributed by atoms with E-state index in [1.165, 1.54) is 0 Å². The lowest BCUT2D eigenvalue weighted by Crippen LogP contribution is -2.33. The van der Waals surface area contributed by atoms with Crippen LogP contribution in [0.5, 0.6) is 0 Å². The average Bonchev–Trinajstić information content (AvgIpc) is 2.29. The van der Waals surface area contributed by atoms with Crippen LogP contribution < -0.4 is 0 Å². The van der Waals surface area contributed by atoms with Crippen LogP contribution in [0.2, 0.25) is 24.2 Å². The maximum atomic E-state index is 11.3. The van der Waals surface area contributed by atoms with E-state index in [1.54, 1.807) is 6.92 Å². The Morgan fingerprint density at radius 2 is 1.56 bits per heavy atom. The summed E-state index contributed by atoms with van der Waals surface area (Å²) in [5, 5.41) is 0. The standard InChI is InChI=1S/C15H24O2Si/c1-6-10-18(11-7-2,12-8-3)13-9-17-15(16)14(4)5/h6-8H,1-4,9-13H2,5H3. The van der Waals surface area contributed by atoms with Gasteiger partial charge in [-0.15, -0.1) is 19.7 Å². The third kappa shape index (κ3) is 5.82. The molecular weight excluding hydrogens is 240 g/mol. The summed E-state index contributed by atoms with van der Waals surface area (Å²) in [4.78, 5) is 11.3. The Labute approximate surface area is 112 Å². The molecule has 0 rings (SSSR count). The number of rotatable bonds is 10. The molecule has 0 aromatic rings. The number of hydrogen-bond acceptors (Lipinski definition) is 2. The predicted octanol–water partition coefficient (Wildman–Crippen LogP) is 4.11. The molecule has 0 N–H and O–H groups in total. The molecule has 0 unspecified atom stereocenters. The van der Waals surface area contributed by atoms with E-state index in [0.717, 1.165) is 24.2 Å². The summed E-state index contributed by atoms with van der Waals surface area (Å²) in [6, 6.07) is 3.90. The molecule has 0 aromatic heterocycles. The normalized spacial score (nSPS) is 10.5. The van der Waals surface area contributed by atoms with Gasteiger partial charge in [0.15, 0.2) is 0 Å². The fourth-order valence-corrected chi connectivity index (χ4v) is 5.44. The highest BCUT2D eigenvalue weighted by atomic mass is 28.3. The molecule has 2 nitrogen and oxygen atoms in total. The number of esters is 1. The van der Waals surface area contributed by atoms with Gasteiger partial charge in [0.1, 0.15) is 0 Å². The van der Waals surface area contributed by atoms with Crippen LogP contribution in [-0.4, -0.2) is 20.7 Å². The van der Waals surface area contributed by atoms with Crippen molar-refractivity contribution in [2.75, 3.05) is 6.61 Å². The number of carbonyl (C=O) groups excluding carboxylic acids is 1. The van der Waals surface area contributed by atoms with Crippen LogP contribution >= 0.6 is 0 Å². The molecule has 100 valence electrons. The Balaban J connectivity index is 4.51. The SMILES string of the molecule is C=CC[Si](CC=C)(CC=C)CCOC(=O)C(=C)C. The van der Waals surface area contributed by atoms with Crippen LogP contribution in [0.1, 0.15) is 6.92 Å². The van der Waals surface area contributed by atoms with Crippen LogP contribution in [-0.2, 0) is 9.53 Å². The highest BCUT2D eigenvalue weighted by Gasteiger charge is 2.28. The Morgan fingerprint density at radius 1 is 1.11 bits per heavy atom. The van der Waals surface area contributed by atoms with Crippen molar-refractivity contribution >= 4 is 14.0 Å². The van der Waals surface area contributed by atoms with Crippen LogP contribution in [0, 0.1) is 0 Å². The second kappa shape index (κ2) is 8.70. The first kappa shape index (κ1) is 16.6. The third-order valence-electron chi connectivity index (χ3n) is 2.95. The topological polar surface area (TPSA) is 26.3 Å². The van der Waals surface area contributed by atoms with Gasteiger partial charge in [0, 0.05) is 5.57 Å². The second-order valence-corrected chi connectivity index (χ2v) is 9.37. The molecule has 0 aromatic carbocycles.